The molecule has 0 bridgehead atoms. The molecule has 6 nitrogen and oxygen atoms in total. The van der Waals surface area contributed by atoms with Crippen molar-refractivity contribution in [1.29, 1.82) is 0 Å². The van der Waals surface area contributed by atoms with Gasteiger partial charge < -0.3 is 15.1 Å². The molecular formula is C13H19N5O. The van der Waals surface area contributed by atoms with Gasteiger partial charge >= 0.3 is 6.01 Å². The van der Waals surface area contributed by atoms with Crippen molar-refractivity contribution < 1.29 is 4.42 Å². The highest BCUT2D eigenvalue weighted by Gasteiger charge is 2.06. The summed E-state index contributed by atoms with van der Waals surface area (Å²) in [6.07, 6.45) is 2.75. The highest BCUT2D eigenvalue weighted by atomic mass is 16.4. The molecule has 19 heavy (non-hydrogen) atoms. The van der Waals surface area contributed by atoms with Crippen LogP contribution in [0.15, 0.2) is 22.7 Å². The van der Waals surface area contributed by atoms with Crippen LogP contribution in [0, 0.1) is 0 Å². The average molecular weight is 261 g/mol. The first kappa shape index (κ1) is 13.5. The van der Waals surface area contributed by atoms with Crippen molar-refractivity contribution in [3.63, 3.8) is 0 Å². The van der Waals surface area contributed by atoms with Crippen molar-refractivity contribution in [3.8, 4) is 0 Å². The lowest BCUT2D eigenvalue weighted by Gasteiger charge is -2.05. The maximum absolute atomic E-state index is 5.46. The van der Waals surface area contributed by atoms with Crippen LogP contribution in [-0.4, -0.2) is 21.7 Å². The van der Waals surface area contributed by atoms with Crippen molar-refractivity contribution in [3.05, 3.63) is 35.5 Å². The van der Waals surface area contributed by atoms with Crippen molar-refractivity contribution in [1.82, 2.24) is 20.5 Å². The zero-order valence-corrected chi connectivity index (χ0v) is 11.3. The zero-order valence-electron chi connectivity index (χ0n) is 11.3. The molecule has 0 aliphatic heterocycles. The summed E-state index contributed by atoms with van der Waals surface area (Å²) in [6, 6.07) is 4.46. The number of nitrogens with zero attached hydrogens (tertiary/aromatic N) is 3. The molecule has 2 rings (SSSR count). The second-order valence-corrected chi connectivity index (χ2v) is 4.10. The van der Waals surface area contributed by atoms with E-state index >= 15 is 0 Å². The summed E-state index contributed by atoms with van der Waals surface area (Å²) in [5.74, 6) is 0.584. The number of aromatic nitrogens is 3. The molecule has 2 heterocycles. The lowest BCUT2D eigenvalue weighted by Crippen LogP contribution is -2.11. The van der Waals surface area contributed by atoms with E-state index in [0.717, 1.165) is 18.7 Å². The van der Waals surface area contributed by atoms with E-state index in [-0.39, 0.29) is 0 Å². The standard InChI is InChI=1S/C13H19N5O/c1-3-10-6-5-7-15-11(10)8-16-13-18-17-12(19-13)9-14-4-2/h5-7,14H,3-4,8-9H2,1-2H3,(H,16,18). The second-order valence-electron chi connectivity index (χ2n) is 4.10. The van der Waals surface area contributed by atoms with Gasteiger partial charge in [-0.15, -0.1) is 5.10 Å². The van der Waals surface area contributed by atoms with E-state index in [9.17, 15) is 0 Å². The Kier molecular flexibility index (Phi) is 4.85. The van der Waals surface area contributed by atoms with Crippen LogP contribution >= 0.6 is 0 Å². The third-order valence-corrected chi connectivity index (χ3v) is 2.77. The number of anilines is 1. The van der Waals surface area contributed by atoms with Gasteiger partial charge in [-0.3, -0.25) is 4.98 Å². The van der Waals surface area contributed by atoms with E-state index in [4.69, 9.17) is 4.42 Å². The Morgan fingerprint density at radius 2 is 2.11 bits per heavy atom. The normalized spacial score (nSPS) is 10.6. The Morgan fingerprint density at radius 3 is 2.89 bits per heavy atom. The molecule has 0 aliphatic rings. The van der Waals surface area contributed by atoms with Crippen LogP contribution in [0.3, 0.4) is 0 Å². The Labute approximate surface area is 112 Å². The summed E-state index contributed by atoms with van der Waals surface area (Å²) in [6.45, 7) is 6.20. The minimum absolute atomic E-state index is 0.431. The molecule has 0 aromatic carbocycles. The maximum Gasteiger partial charge on any atom is 0.315 e. The minimum atomic E-state index is 0.431. The van der Waals surface area contributed by atoms with Gasteiger partial charge in [-0.1, -0.05) is 25.0 Å². The molecule has 0 aliphatic carbocycles. The van der Waals surface area contributed by atoms with Crippen LogP contribution < -0.4 is 10.6 Å². The summed E-state index contributed by atoms with van der Waals surface area (Å²) in [4.78, 5) is 4.36. The molecule has 0 radical (unpaired) electrons. The highest BCUT2D eigenvalue weighted by molar-refractivity contribution is 5.25. The first-order chi connectivity index (χ1) is 9.33. The zero-order chi connectivity index (χ0) is 13.5. The van der Waals surface area contributed by atoms with Crippen molar-refractivity contribution >= 4 is 6.01 Å². The van der Waals surface area contributed by atoms with Crippen LogP contribution in [0.4, 0.5) is 6.01 Å². The second kappa shape index (κ2) is 6.84. The third-order valence-electron chi connectivity index (χ3n) is 2.77. The first-order valence-electron chi connectivity index (χ1n) is 6.53. The first-order valence-corrected chi connectivity index (χ1v) is 6.53. The molecular weight excluding hydrogens is 242 g/mol. The van der Waals surface area contributed by atoms with E-state index in [1.807, 2.05) is 13.0 Å². The van der Waals surface area contributed by atoms with Crippen LogP contribution in [0.25, 0.3) is 0 Å². The summed E-state index contributed by atoms with van der Waals surface area (Å²) in [5, 5.41) is 14.1. The maximum atomic E-state index is 5.46. The highest BCUT2D eigenvalue weighted by Crippen LogP contribution is 2.10. The van der Waals surface area contributed by atoms with E-state index in [1.54, 1.807) is 6.20 Å². The molecule has 2 aromatic heterocycles. The molecule has 0 fully saturated rings. The molecule has 0 saturated carbocycles. The Hall–Kier alpha value is -1.95. The number of rotatable bonds is 7. The quantitative estimate of drug-likeness (QED) is 0.790. The van der Waals surface area contributed by atoms with Gasteiger partial charge in [0.1, 0.15) is 0 Å². The molecule has 0 atom stereocenters. The molecule has 0 amide bonds. The summed E-state index contributed by atoms with van der Waals surface area (Å²) < 4.78 is 5.46. The van der Waals surface area contributed by atoms with Gasteiger partial charge in [0.25, 0.3) is 0 Å². The van der Waals surface area contributed by atoms with E-state index in [1.165, 1.54) is 5.56 Å². The average Bonchev–Trinajstić information content (AvgIpc) is 2.91. The van der Waals surface area contributed by atoms with Gasteiger partial charge in [-0.2, -0.15) is 0 Å². The molecule has 0 saturated heterocycles. The van der Waals surface area contributed by atoms with Gasteiger partial charge in [0, 0.05) is 6.20 Å². The number of hydrogen-bond acceptors (Lipinski definition) is 6. The Bertz CT molecular complexity index is 511. The Morgan fingerprint density at radius 1 is 1.21 bits per heavy atom. The fourth-order valence-electron chi connectivity index (χ4n) is 1.74. The predicted octanol–water partition coefficient (Wildman–Crippen LogP) is 1.75. The minimum Gasteiger partial charge on any atom is -0.407 e. The molecule has 2 aromatic rings. The monoisotopic (exact) mass is 261 g/mol. The molecule has 0 unspecified atom stereocenters. The van der Waals surface area contributed by atoms with Crippen molar-refractivity contribution in [2.24, 2.45) is 0 Å². The van der Waals surface area contributed by atoms with Crippen LogP contribution in [0.2, 0.25) is 0 Å². The van der Waals surface area contributed by atoms with Gasteiger partial charge in [0.15, 0.2) is 0 Å². The van der Waals surface area contributed by atoms with Gasteiger partial charge in [-0.25, -0.2) is 0 Å². The van der Waals surface area contributed by atoms with Crippen molar-refractivity contribution in [2.75, 3.05) is 11.9 Å². The molecule has 0 spiro atoms. The van der Waals surface area contributed by atoms with Crippen LogP contribution in [-0.2, 0) is 19.5 Å². The fraction of sp³-hybridized carbons (Fsp3) is 0.462. The number of nitrogens with one attached hydrogen (secondary N) is 2. The smallest absolute Gasteiger partial charge is 0.315 e. The molecule has 2 N–H and O–H groups in total. The van der Waals surface area contributed by atoms with E-state index in [0.29, 0.717) is 25.0 Å². The van der Waals surface area contributed by atoms with Crippen LogP contribution in [0.5, 0.6) is 0 Å². The predicted molar refractivity (Wildman–Crippen MR) is 72.6 cm³/mol. The van der Waals surface area contributed by atoms with E-state index in [2.05, 4.69) is 38.8 Å². The van der Waals surface area contributed by atoms with Gasteiger partial charge in [0.05, 0.1) is 18.8 Å². The van der Waals surface area contributed by atoms with Gasteiger partial charge in [0.2, 0.25) is 5.89 Å². The molecule has 6 heteroatoms. The SMILES string of the molecule is CCNCc1nnc(NCc2ncccc2CC)o1. The summed E-state index contributed by atoms with van der Waals surface area (Å²) in [5.41, 5.74) is 2.24. The number of hydrogen-bond donors (Lipinski definition) is 2. The lowest BCUT2D eigenvalue weighted by atomic mass is 10.1. The van der Waals surface area contributed by atoms with E-state index < -0.39 is 0 Å². The fourth-order valence-corrected chi connectivity index (χ4v) is 1.74. The van der Waals surface area contributed by atoms with Gasteiger partial charge in [-0.05, 0) is 24.6 Å². The van der Waals surface area contributed by atoms with Crippen molar-refractivity contribution in [2.45, 2.75) is 33.4 Å². The Balaban J connectivity index is 1.93. The summed E-state index contributed by atoms with van der Waals surface area (Å²) >= 11 is 0. The number of aryl methyl sites for hydroxylation is 1. The third kappa shape index (κ3) is 3.75. The summed E-state index contributed by atoms with van der Waals surface area (Å²) in [7, 11) is 0. The number of pyridine rings is 1. The molecule has 102 valence electrons. The lowest BCUT2D eigenvalue weighted by molar-refractivity contribution is 0.481. The van der Waals surface area contributed by atoms with Crippen LogP contribution in [0.1, 0.15) is 31.0 Å². The topological polar surface area (TPSA) is 75.9 Å². The largest absolute Gasteiger partial charge is 0.407 e.